The predicted octanol–water partition coefficient (Wildman–Crippen LogP) is 4.06. The van der Waals surface area contributed by atoms with Crippen molar-refractivity contribution in [3.05, 3.63) is 93.9 Å². The summed E-state index contributed by atoms with van der Waals surface area (Å²) < 4.78 is 3.85. The van der Waals surface area contributed by atoms with Crippen LogP contribution in [0.4, 0.5) is 0 Å². The van der Waals surface area contributed by atoms with E-state index in [1.54, 1.807) is 11.6 Å². The van der Waals surface area contributed by atoms with Crippen molar-refractivity contribution in [2.45, 2.75) is 13.5 Å². The van der Waals surface area contributed by atoms with Crippen LogP contribution in [0.1, 0.15) is 21.6 Å². The predicted molar refractivity (Wildman–Crippen MR) is 110 cm³/mol. The Balaban J connectivity index is 2.11. The highest BCUT2D eigenvalue weighted by Crippen LogP contribution is 2.33. The zero-order chi connectivity index (χ0) is 19.8. The zero-order valence-corrected chi connectivity index (χ0v) is 15.7. The van der Waals surface area contributed by atoms with E-state index in [2.05, 4.69) is 4.57 Å². The summed E-state index contributed by atoms with van der Waals surface area (Å²) in [4.78, 5) is 24.5. The quantitative estimate of drug-likeness (QED) is 0.587. The lowest BCUT2D eigenvalue weighted by atomic mass is 10.1. The Morgan fingerprint density at radius 1 is 1.00 bits per heavy atom. The molecule has 0 saturated heterocycles. The number of carbonyl (C=O) groups is 1. The molecule has 2 aromatic carbocycles. The Morgan fingerprint density at radius 2 is 1.61 bits per heavy atom. The van der Waals surface area contributed by atoms with E-state index in [-0.39, 0.29) is 5.56 Å². The molecule has 0 aliphatic heterocycles. The van der Waals surface area contributed by atoms with E-state index in [1.165, 1.54) is 6.20 Å². The average Bonchev–Trinajstić information content (AvgIpc) is 2.99. The molecule has 0 fully saturated rings. The third kappa shape index (κ3) is 2.81. The average molecular weight is 372 g/mol. The first-order chi connectivity index (χ1) is 13.5. The minimum Gasteiger partial charge on any atom is -0.477 e. The fourth-order valence-electron chi connectivity index (χ4n) is 3.79. The van der Waals surface area contributed by atoms with Crippen LogP contribution in [0.3, 0.4) is 0 Å². The summed E-state index contributed by atoms with van der Waals surface area (Å²) in [6, 6.07) is 19.9. The molecule has 0 aliphatic rings. The van der Waals surface area contributed by atoms with E-state index in [4.69, 9.17) is 0 Å². The number of fused-ring (bicyclic) bond motifs is 1. The molecule has 0 radical (unpaired) electrons. The van der Waals surface area contributed by atoms with Gasteiger partial charge in [0.1, 0.15) is 5.56 Å². The fourth-order valence-corrected chi connectivity index (χ4v) is 3.79. The highest BCUT2D eigenvalue weighted by atomic mass is 16.4. The number of hydrogen-bond acceptors (Lipinski definition) is 2. The summed E-state index contributed by atoms with van der Waals surface area (Å²) >= 11 is 0. The zero-order valence-electron chi connectivity index (χ0n) is 15.7. The number of carboxylic acids is 1. The van der Waals surface area contributed by atoms with E-state index in [0.717, 1.165) is 28.0 Å². The molecule has 0 bridgehead atoms. The molecule has 0 spiro atoms. The first-order valence-corrected chi connectivity index (χ1v) is 9.04. The van der Waals surface area contributed by atoms with E-state index >= 15 is 0 Å². The summed E-state index contributed by atoms with van der Waals surface area (Å²) in [6.07, 6.45) is 1.41. The third-order valence-electron chi connectivity index (χ3n) is 5.11. The second-order valence-electron chi connectivity index (χ2n) is 6.88. The molecule has 4 rings (SSSR count). The topological polar surface area (TPSA) is 64.2 Å². The SMILES string of the molecule is Cc1c2c(=O)c(C(=O)O)cn(C)c2c(-c2ccccc2)n1Cc1ccccc1. The van der Waals surface area contributed by atoms with Gasteiger partial charge in [0.15, 0.2) is 0 Å². The Kier molecular flexibility index (Phi) is 4.35. The van der Waals surface area contributed by atoms with Gasteiger partial charge in [0, 0.05) is 31.0 Å². The second-order valence-corrected chi connectivity index (χ2v) is 6.88. The molecule has 0 saturated carbocycles. The van der Waals surface area contributed by atoms with Crippen LogP contribution in [-0.4, -0.2) is 20.2 Å². The smallest absolute Gasteiger partial charge is 0.341 e. The molecule has 5 heteroatoms. The maximum absolute atomic E-state index is 13.0. The van der Waals surface area contributed by atoms with Gasteiger partial charge in [-0.1, -0.05) is 60.7 Å². The molecule has 0 atom stereocenters. The fraction of sp³-hybridized carbons (Fsp3) is 0.130. The Labute approximate surface area is 162 Å². The summed E-state index contributed by atoms with van der Waals surface area (Å²) in [5.74, 6) is -1.21. The second kappa shape index (κ2) is 6.85. The normalized spacial score (nSPS) is 11.1. The van der Waals surface area contributed by atoms with Crippen molar-refractivity contribution in [3.63, 3.8) is 0 Å². The minimum atomic E-state index is -1.21. The Morgan fingerprint density at radius 3 is 2.21 bits per heavy atom. The van der Waals surface area contributed by atoms with Crippen LogP contribution < -0.4 is 5.43 Å². The van der Waals surface area contributed by atoms with Gasteiger partial charge in [0.2, 0.25) is 5.43 Å². The van der Waals surface area contributed by atoms with Crippen LogP contribution in [0.2, 0.25) is 0 Å². The molecule has 28 heavy (non-hydrogen) atoms. The summed E-state index contributed by atoms with van der Waals surface area (Å²) in [6.45, 7) is 2.47. The summed E-state index contributed by atoms with van der Waals surface area (Å²) in [7, 11) is 1.78. The van der Waals surface area contributed by atoms with Gasteiger partial charge in [-0.05, 0) is 12.5 Å². The van der Waals surface area contributed by atoms with Crippen LogP contribution in [0.5, 0.6) is 0 Å². The number of carboxylic acid groups (broad SMARTS) is 1. The first kappa shape index (κ1) is 17.8. The third-order valence-corrected chi connectivity index (χ3v) is 5.11. The number of nitrogens with zero attached hydrogens (tertiary/aromatic N) is 2. The number of pyridine rings is 1. The van der Waals surface area contributed by atoms with Crippen molar-refractivity contribution >= 4 is 16.9 Å². The van der Waals surface area contributed by atoms with Crippen LogP contribution in [-0.2, 0) is 13.6 Å². The van der Waals surface area contributed by atoms with Crippen molar-refractivity contribution < 1.29 is 9.90 Å². The van der Waals surface area contributed by atoms with Crippen molar-refractivity contribution in [2.75, 3.05) is 0 Å². The lowest BCUT2D eigenvalue weighted by Crippen LogP contribution is -2.17. The van der Waals surface area contributed by atoms with Crippen molar-refractivity contribution in [3.8, 4) is 11.3 Å². The molecule has 5 nitrogen and oxygen atoms in total. The molecule has 0 unspecified atom stereocenters. The van der Waals surface area contributed by atoms with Crippen LogP contribution in [0, 0.1) is 6.92 Å². The number of rotatable bonds is 4. The molecular weight excluding hydrogens is 352 g/mol. The Bertz CT molecular complexity index is 1240. The van der Waals surface area contributed by atoms with Gasteiger partial charge >= 0.3 is 5.97 Å². The first-order valence-electron chi connectivity index (χ1n) is 9.04. The molecule has 0 aliphatic carbocycles. The van der Waals surface area contributed by atoms with Gasteiger partial charge in [-0.2, -0.15) is 0 Å². The largest absolute Gasteiger partial charge is 0.477 e. The molecule has 140 valence electrons. The molecular formula is C23H20N2O3. The van der Waals surface area contributed by atoms with Crippen molar-refractivity contribution in [1.29, 1.82) is 0 Å². The van der Waals surface area contributed by atoms with Gasteiger partial charge in [0.05, 0.1) is 16.6 Å². The van der Waals surface area contributed by atoms with E-state index in [9.17, 15) is 14.7 Å². The van der Waals surface area contributed by atoms with Crippen molar-refractivity contribution in [1.82, 2.24) is 9.13 Å². The standard InChI is InChI=1S/C23H20N2O3/c1-15-19-21(24(2)14-18(22(19)26)23(27)28)20(17-11-7-4-8-12-17)25(15)13-16-9-5-3-6-10-16/h3-12,14H,13H2,1-2H3,(H,27,28). The van der Waals surface area contributed by atoms with Crippen molar-refractivity contribution in [2.24, 2.45) is 7.05 Å². The lowest BCUT2D eigenvalue weighted by molar-refractivity contribution is 0.0695. The number of hydrogen-bond donors (Lipinski definition) is 1. The van der Waals surface area contributed by atoms with Gasteiger partial charge < -0.3 is 14.2 Å². The maximum Gasteiger partial charge on any atom is 0.341 e. The minimum absolute atomic E-state index is 0.213. The number of benzene rings is 2. The maximum atomic E-state index is 13.0. The number of aromatic carboxylic acids is 1. The molecule has 2 aromatic heterocycles. The van der Waals surface area contributed by atoms with E-state index in [1.807, 2.05) is 67.6 Å². The van der Waals surface area contributed by atoms with Gasteiger partial charge in [-0.3, -0.25) is 4.79 Å². The van der Waals surface area contributed by atoms with Gasteiger partial charge in [-0.15, -0.1) is 0 Å². The molecule has 4 aromatic rings. The van der Waals surface area contributed by atoms with Crippen LogP contribution >= 0.6 is 0 Å². The monoisotopic (exact) mass is 372 g/mol. The number of aryl methyl sites for hydroxylation is 2. The highest BCUT2D eigenvalue weighted by molar-refractivity contribution is 5.99. The van der Waals surface area contributed by atoms with Crippen LogP contribution in [0.25, 0.3) is 22.2 Å². The Hall–Kier alpha value is -3.60. The summed E-state index contributed by atoms with van der Waals surface area (Å²) in [5.41, 5.74) is 3.85. The van der Waals surface area contributed by atoms with Gasteiger partial charge in [0.25, 0.3) is 0 Å². The van der Waals surface area contributed by atoms with Crippen LogP contribution in [0.15, 0.2) is 71.7 Å². The summed E-state index contributed by atoms with van der Waals surface area (Å²) in [5, 5.41) is 9.90. The molecule has 2 heterocycles. The molecule has 1 N–H and O–H groups in total. The van der Waals surface area contributed by atoms with E-state index in [0.29, 0.717) is 11.9 Å². The molecule has 0 amide bonds. The van der Waals surface area contributed by atoms with E-state index < -0.39 is 11.4 Å². The highest BCUT2D eigenvalue weighted by Gasteiger charge is 2.23. The number of aromatic nitrogens is 2. The van der Waals surface area contributed by atoms with Gasteiger partial charge in [-0.25, -0.2) is 4.79 Å². The lowest BCUT2D eigenvalue weighted by Gasteiger charge is -2.13.